The van der Waals surface area contributed by atoms with Gasteiger partial charge in [0.05, 0.1) is 22.1 Å². The van der Waals surface area contributed by atoms with Crippen LogP contribution in [0.25, 0.3) is 110 Å². The normalized spacial score (nSPS) is 11.8. The predicted molar refractivity (Wildman–Crippen MR) is 246 cm³/mol. The lowest BCUT2D eigenvalue weighted by Crippen LogP contribution is -1.94. The van der Waals surface area contributed by atoms with Crippen LogP contribution in [0.4, 0.5) is 0 Å². The van der Waals surface area contributed by atoms with Crippen LogP contribution in [-0.2, 0) is 0 Å². The SMILES string of the molecule is c1ccc2cc3cc(-c4cc(-c5ccc(-n6c7ccccc7c7ccccc76)cc5)ccc4-c4ccc(-n5c6ccccc6c6ccccc65)cc4)ccc3cc2c1. The second kappa shape index (κ2) is 12.9. The molecule has 0 aliphatic rings. The molecule has 58 heavy (non-hydrogen) atoms. The minimum absolute atomic E-state index is 1.15. The largest absolute Gasteiger partial charge is 0.309 e. The van der Waals surface area contributed by atoms with Crippen molar-refractivity contribution in [3.8, 4) is 44.8 Å². The molecule has 2 nitrogen and oxygen atoms in total. The zero-order valence-corrected chi connectivity index (χ0v) is 31.7. The Balaban J connectivity index is 0.990. The molecule has 0 N–H and O–H groups in total. The average molecular weight is 737 g/mol. The maximum Gasteiger partial charge on any atom is 0.0541 e. The molecule has 0 aliphatic carbocycles. The Morgan fingerprint density at radius 1 is 0.224 bits per heavy atom. The molecule has 2 aromatic heterocycles. The van der Waals surface area contributed by atoms with Crippen LogP contribution < -0.4 is 0 Å². The Morgan fingerprint density at radius 3 is 1.14 bits per heavy atom. The van der Waals surface area contributed by atoms with Gasteiger partial charge in [-0.05, 0) is 128 Å². The fourth-order valence-corrected chi connectivity index (χ4v) is 9.32. The van der Waals surface area contributed by atoms with E-state index in [-0.39, 0.29) is 0 Å². The molecule has 0 atom stereocenters. The highest BCUT2D eigenvalue weighted by atomic mass is 15.0. The molecule has 0 saturated carbocycles. The number of para-hydroxylation sites is 4. The zero-order valence-electron chi connectivity index (χ0n) is 31.7. The van der Waals surface area contributed by atoms with E-state index in [0.29, 0.717) is 0 Å². The van der Waals surface area contributed by atoms with Gasteiger partial charge in [-0.15, -0.1) is 0 Å². The van der Waals surface area contributed by atoms with Crippen molar-refractivity contribution in [3.05, 3.63) is 218 Å². The lowest BCUT2D eigenvalue weighted by Gasteiger charge is -2.16. The summed E-state index contributed by atoms with van der Waals surface area (Å²) in [6.07, 6.45) is 0. The molecular formula is C56H36N2. The van der Waals surface area contributed by atoms with E-state index in [4.69, 9.17) is 0 Å². The minimum Gasteiger partial charge on any atom is -0.309 e. The zero-order chi connectivity index (χ0) is 38.2. The van der Waals surface area contributed by atoms with E-state index in [2.05, 4.69) is 228 Å². The fourth-order valence-electron chi connectivity index (χ4n) is 9.32. The Hall–Kier alpha value is -7.68. The number of benzene rings is 10. The van der Waals surface area contributed by atoms with Gasteiger partial charge in [-0.3, -0.25) is 0 Å². The third kappa shape index (κ3) is 5.12. The smallest absolute Gasteiger partial charge is 0.0541 e. The molecule has 0 spiro atoms. The van der Waals surface area contributed by atoms with Crippen LogP contribution in [0, 0.1) is 0 Å². The van der Waals surface area contributed by atoms with Crippen molar-refractivity contribution in [1.82, 2.24) is 9.13 Å². The Bertz CT molecular complexity index is 3440. The second-order valence-corrected chi connectivity index (χ2v) is 15.4. The molecule has 2 heterocycles. The standard InChI is InChI=1S/C56H36N2/c1-2-12-40-34-44-35-43(22-21-41(44)33-39(40)11-1)52-36-42(37-23-28-45(29-24-37)57-53-17-7-3-13-48(53)49-14-4-8-18-54(49)57)27-32-47(52)38-25-30-46(31-26-38)58-55-19-9-5-15-50(55)51-16-6-10-20-56(51)58/h1-36H. The van der Waals surface area contributed by atoms with E-state index in [1.54, 1.807) is 0 Å². The lowest BCUT2D eigenvalue weighted by atomic mass is 9.89. The Kier molecular flexibility index (Phi) is 7.26. The van der Waals surface area contributed by atoms with Crippen LogP contribution in [0.2, 0.25) is 0 Å². The Labute approximate surface area is 336 Å². The molecule has 2 heteroatoms. The van der Waals surface area contributed by atoms with Gasteiger partial charge >= 0.3 is 0 Å². The highest BCUT2D eigenvalue weighted by Crippen LogP contribution is 2.40. The number of hydrogen-bond acceptors (Lipinski definition) is 0. The fraction of sp³-hybridized carbons (Fsp3) is 0. The molecule has 0 unspecified atom stereocenters. The minimum atomic E-state index is 1.15. The van der Waals surface area contributed by atoms with Gasteiger partial charge < -0.3 is 9.13 Å². The van der Waals surface area contributed by atoms with E-state index in [1.165, 1.54) is 98.5 Å². The number of aromatic nitrogens is 2. The van der Waals surface area contributed by atoms with E-state index in [0.717, 1.165) is 11.4 Å². The van der Waals surface area contributed by atoms with E-state index in [1.807, 2.05) is 0 Å². The van der Waals surface area contributed by atoms with Gasteiger partial charge in [0.15, 0.2) is 0 Å². The molecule has 0 radical (unpaired) electrons. The average Bonchev–Trinajstić information content (AvgIpc) is 3.81. The van der Waals surface area contributed by atoms with Crippen LogP contribution in [-0.4, -0.2) is 9.13 Å². The van der Waals surface area contributed by atoms with Crippen molar-refractivity contribution in [2.45, 2.75) is 0 Å². The van der Waals surface area contributed by atoms with Gasteiger partial charge in [0, 0.05) is 32.9 Å². The first-order valence-electron chi connectivity index (χ1n) is 20.0. The van der Waals surface area contributed by atoms with Gasteiger partial charge in [0.1, 0.15) is 0 Å². The summed E-state index contributed by atoms with van der Waals surface area (Å²) in [7, 11) is 0. The molecular weight excluding hydrogens is 701 g/mol. The van der Waals surface area contributed by atoms with Gasteiger partial charge in [-0.2, -0.15) is 0 Å². The van der Waals surface area contributed by atoms with Crippen molar-refractivity contribution in [2.75, 3.05) is 0 Å². The Morgan fingerprint density at radius 2 is 0.621 bits per heavy atom. The third-order valence-corrected chi connectivity index (χ3v) is 12.1. The maximum absolute atomic E-state index is 2.38. The van der Waals surface area contributed by atoms with Gasteiger partial charge in [0.2, 0.25) is 0 Å². The summed E-state index contributed by atoms with van der Waals surface area (Å²) in [6, 6.07) is 80.1. The molecule has 0 bridgehead atoms. The molecule has 12 aromatic rings. The summed E-state index contributed by atoms with van der Waals surface area (Å²) in [5.41, 5.74) is 14.4. The first kappa shape index (κ1) is 32.6. The summed E-state index contributed by atoms with van der Waals surface area (Å²) < 4.78 is 4.76. The molecule has 0 fully saturated rings. The first-order valence-corrected chi connectivity index (χ1v) is 20.0. The molecule has 270 valence electrons. The van der Waals surface area contributed by atoms with Crippen molar-refractivity contribution < 1.29 is 0 Å². The molecule has 0 saturated heterocycles. The summed E-state index contributed by atoms with van der Waals surface area (Å²) >= 11 is 0. The number of hydrogen-bond donors (Lipinski definition) is 0. The van der Waals surface area contributed by atoms with Crippen LogP contribution in [0.15, 0.2) is 218 Å². The van der Waals surface area contributed by atoms with E-state index >= 15 is 0 Å². The first-order chi connectivity index (χ1) is 28.7. The summed E-state index contributed by atoms with van der Waals surface area (Å²) in [6.45, 7) is 0. The number of rotatable bonds is 5. The number of nitrogens with zero attached hydrogens (tertiary/aromatic N) is 2. The highest BCUT2D eigenvalue weighted by molar-refractivity contribution is 6.10. The van der Waals surface area contributed by atoms with Crippen molar-refractivity contribution >= 4 is 65.2 Å². The van der Waals surface area contributed by atoms with Crippen LogP contribution in [0.1, 0.15) is 0 Å². The monoisotopic (exact) mass is 736 g/mol. The summed E-state index contributed by atoms with van der Waals surface area (Å²) in [4.78, 5) is 0. The van der Waals surface area contributed by atoms with Crippen molar-refractivity contribution in [2.24, 2.45) is 0 Å². The van der Waals surface area contributed by atoms with E-state index in [9.17, 15) is 0 Å². The highest BCUT2D eigenvalue weighted by Gasteiger charge is 2.16. The molecule has 10 aromatic carbocycles. The maximum atomic E-state index is 2.38. The van der Waals surface area contributed by atoms with Gasteiger partial charge in [-0.1, -0.05) is 146 Å². The topological polar surface area (TPSA) is 9.86 Å². The van der Waals surface area contributed by atoms with Gasteiger partial charge in [0.25, 0.3) is 0 Å². The van der Waals surface area contributed by atoms with E-state index < -0.39 is 0 Å². The molecule has 0 amide bonds. The van der Waals surface area contributed by atoms with Crippen LogP contribution in [0.5, 0.6) is 0 Å². The summed E-state index contributed by atoms with van der Waals surface area (Å²) in [5.74, 6) is 0. The van der Waals surface area contributed by atoms with Crippen molar-refractivity contribution in [1.29, 1.82) is 0 Å². The predicted octanol–water partition coefficient (Wildman–Crippen LogP) is 15.2. The molecule has 0 aliphatic heterocycles. The third-order valence-electron chi connectivity index (χ3n) is 12.1. The summed E-state index contributed by atoms with van der Waals surface area (Å²) in [5, 5.41) is 10.1. The van der Waals surface area contributed by atoms with Crippen LogP contribution in [0.3, 0.4) is 0 Å². The van der Waals surface area contributed by atoms with Gasteiger partial charge in [-0.25, -0.2) is 0 Å². The second-order valence-electron chi connectivity index (χ2n) is 15.4. The lowest BCUT2D eigenvalue weighted by molar-refractivity contribution is 1.18. The molecule has 12 rings (SSSR count). The van der Waals surface area contributed by atoms with Crippen LogP contribution >= 0.6 is 0 Å². The quantitative estimate of drug-likeness (QED) is 0.156. The number of fused-ring (bicyclic) bond motifs is 8. The van der Waals surface area contributed by atoms with Crippen molar-refractivity contribution in [3.63, 3.8) is 0 Å².